The topological polar surface area (TPSA) is 66.5 Å². The Bertz CT molecular complexity index is 1570. The molecule has 3 aromatic carbocycles. The van der Waals surface area contributed by atoms with E-state index in [-0.39, 0.29) is 27.1 Å². The third-order valence-corrected chi connectivity index (χ3v) is 11.1. The summed E-state index contributed by atoms with van der Waals surface area (Å²) in [5.41, 5.74) is 0.108. The zero-order valence-corrected chi connectivity index (χ0v) is 23.0. The van der Waals surface area contributed by atoms with E-state index in [9.17, 15) is 26.4 Å². The standard InChI is InChI=1S/C28H24ClF3N2O3S2/c29-25-20(27(35)33-22-15-18(31)5-9-21(22)32)8-10-23-24(25)28(11-13-38-14-12-28)26(16-1-2-16)34(23)39(36,37)19-6-3-17(30)4-7-19/h3-10,15-16,26H,1-2,11-14H2,(H,33,35). The Balaban J connectivity index is 1.50. The van der Waals surface area contributed by atoms with Crippen LogP contribution in [0.15, 0.2) is 59.5 Å². The van der Waals surface area contributed by atoms with E-state index in [4.69, 9.17) is 11.6 Å². The molecule has 1 amide bonds. The highest BCUT2D eigenvalue weighted by molar-refractivity contribution is 7.99. The minimum absolute atomic E-state index is 0.0257. The number of carbonyl (C=O) groups is 1. The molecular weight excluding hydrogens is 569 g/mol. The summed E-state index contributed by atoms with van der Waals surface area (Å²) in [7, 11) is -4.10. The lowest BCUT2D eigenvalue weighted by molar-refractivity contribution is 0.102. The minimum Gasteiger partial charge on any atom is -0.319 e. The molecule has 204 valence electrons. The molecule has 2 aliphatic heterocycles. The number of nitrogens with one attached hydrogen (secondary N) is 1. The number of sulfonamides is 1. The van der Waals surface area contributed by atoms with Crippen LogP contribution in [0, 0.1) is 23.4 Å². The molecule has 39 heavy (non-hydrogen) atoms. The van der Waals surface area contributed by atoms with E-state index in [1.807, 2.05) is 0 Å². The van der Waals surface area contributed by atoms with Crippen LogP contribution in [0.4, 0.5) is 24.5 Å². The number of carbonyl (C=O) groups excluding carboxylic acids is 1. The Morgan fingerprint density at radius 1 is 0.974 bits per heavy atom. The molecule has 11 heteroatoms. The molecule has 1 aliphatic carbocycles. The van der Waals surface area contributed by atoms with Crippen molar-refractivity contribution in [3.05, 3.63) is 88.2 Å². The Morgan fingerprint density at radius 3 is 2.31 bits per heavy atom. The van der Waals surface area contributed by atoms with Crippen molar-refractivity contribution in [3.8, 4) is 0 Å². The van der Waals surface area contributed by atoms with Gasteiger partial charge in [-0.15, -0.1) is 0 Å². The van der Waals surface area contributed by atoms with Crippen LogP contribution in [0.3, 0.4) is 0 Å². The summed E-state index contributed by atoms with van der Waals surface area (Å²) in [6, 6.07) is 10.1. The van der Waals surface area contributed by atoms with E-state index in [1.54, 1.807) is 17.8 Å². The monoisotopic (exact) mass is 592 g/mol. The van der Waals surface area contributed by atoms with Gasteiger partial charge in [-0.05, 0) is 91.6 Å². The molecule has 5 nitrogen and oxygen atoms in total. The van der Waals surface area contributed by atoms with E-state index in [0.29, 0.717) is 24.1 Å². The summed E-state index contributed by atoms with van der Waals surface area (Å²) >= 11 is 8.76. The fourth-order valence-electron chi connectivity index (χ4n) is 6.04. The molecule has 1 spiro atoms. The van der Waals surface area contributed by atoms with Gasteiger partial charge in [0.2, 0.25) is 0 Å². The van der Waals surface area contributed by atoms with Gasteiger partial charge in [0, 0.05) is 17.0 Å². The molecule has 0 bridgehead atoms. The van der Waals surface area contributed by atoms with Crippen molar-refractivity contribution < 1.29 is 26.4 Å². The van der Waals surface area contributed by atoms with Crippen molar-refractivity contribution in [1.29, 1.82) is 0 Å². The van der Waals surface area contributed by atoms with Crippen molar-refractivity contribution in [2.45, 2.75) is 42.0 Å². The van der Waals surface area contributed by atoms with Crippen molar-refractivity contribution in [1.82, 2.24) is 0 Å². The third kappa shape index (κ3) is 4.40. The Labute approximate surface area is 233 Å². The van der Waals surface area contributed by atoms with Crippen LogP contribution < -0.4 is 9.62 Å². The van der Waals surface area contributed by atoms with Crippen LogP contribution in [-0.4, -0.2) is 31.9 Å². The fourth-order valence-corrected chi connectivity index (χ4v) is 9.49. The van der Waals surface area contributed by atoms with E-state index >= 15 is 0 Å². The maximum absolute atomic E-state index is 14.3. The van der Waals surface area contributed by atoms with Crippen LogP contribution in [0.2, 0.25) is 5.02 Å². The molecule has 6 rings (SSSR count). The Hall–Kier alpha value is -2.69. The molecule has 3 aromatic rings. The number of thioether (sulfide) groups is 1. The number of hydrogen-bond acceptors (Lipinski definition) is 4. The first kappa shape index (κ1) is 26.5. The summed E-state index contributed by atoms with van der Waals surface area (Å²) in [5, 5.41) is 2.51. The second-order valence-electron chi connectivity index (χ2n) is 10.2. The predicted octanol–water partition coefficient (Wildman–Crippen LogP) is 6.76. The first-order valence-corrected chi connectivity index (χ1v) is 15.6. The largest absolute Gasteiger partial charge is 0.319 e. The number of hydrogen-bond donors (Lipinski definition) is 1. The van der Waals surface area contributed by atoms with E-state index < -0.39 is 44.8 Å². The number of amides is 1. The smallest absolute Gasteiger partial charge is 0.264 e. The summed E-state index contributed by atoms with van der Waals surface area (Å²) in [6.45, 7) is 0. The van der Waals surface area contributed by atoms with Crippen LogP contribution in [-0.2, 0) is 15.4 Å². The SMILES string of the molecule is O=C(Nc1cc(F)ccc1F)c1ccc2c(c1Cl)C1(CCSCC1)C(C1CC1)N2S(=O)(=O)c1ccc(F)cc1. The van der Waals surface area contributed by atoms with Crippen molar-refractivity contribution in [2.24, 2.45) is 5.92 Å². The minimum atomic E-state index is -4.10. The van der Waals surface area contributed by atoms with Crippen LogP contribution in [0.5, 0.6) is 0 Å². The van der Waals surface area contributed by atoms with E-state index in [0.717, 1.165) is 54.7 Å². The zero-order valence-electron chi connectivity index (χ0n) is 20.6. The fraction of sp³-hybridized carbons (Fsp3) is 0.321. The number of benzene rings is 3. The van der Waals surface area contributed by atoms with Crippen molar-refractivity contribution >= 4 is 50.7 Å². The van der Waals surface area contributed by atoms with Gasteiger partial charge < -0.3 is 5.32 Å². The summed E-state index contributed by atoms with van der Waals surface area (Å²) in [6.07, 6.45) is 3.08. The summed E-state index contributed by atoms with van der Waals surface area (Å²) in [5.74, 6) is -1.06. The molecule has 2 heterocycles. The highest BCUT2D eigenvalue weighted by Crippen LogP contribution is 2.61. The quantitative estimate of drug-likeness (QED) is 0.355. The van der Waals surface area contributed by atoms with Crippen LogP contribution in [0.25, 0.3) is 0 Å². The lowest BCUT2D eigenvalue weighted by Crippen LogP contribution is -2.50. The van der Waals surface area contributed by atoms with Gasteiger partial charge in [-0.2, -0.15) is 11.8 Å². The van der Waals surface area contributed by atoms with Gasteiger partial charge in [-0.3, -0.25) is 9.10 Å². The third-order valence-electron chi connectivity index (χ3n) is 7.92. The molecule has 1 saturated carbocycles. The number of halogens is 4. The van der Waals surface area contributed by atoms with Gasteiger partial charge in [-0.25, -0.2) is 21.6 Å². The van der Waals surface area contributed by atoms with Crippen LogP contribution >= 0.6 is 23.4 Å². The van der Waals surface area contributed by atoms with Gasteiger partial charge in [0.15, 0.2) is 0 Å². The maximum atomic E-state index is 14.3. The molecule has 0 aromatic heterocycles. The second-order valence-corrected chi connectivity index (χ2v) is 13.6. The number of rotatable bonds is 5. The van der Waals surface area contributed by atoms with Crippen LogP contribution in [0.1, 0.15) is 41.6 Å². The van der Waals surface area contributed by atoms with Gasteiger partial charge in [0.1, 0.15) is 17.5 Å². The van der Waals surface area contributed by atoms with E-state index in [2.05, 4.69) is 5.32 Å². The summed E-state index contributed by atoms with van der Waals surface area (Å²) in [4.78, 5) is 13.2. The maximum Gasteiger partial charge on any atom is 0.264 e. The lowest BCUT2D eigenvalue weighted by Gasteiger charge is -2.42. The normalized spacial score (nSPS) is 20.2. The van der Waals surface area contributed by atoms with Gasteiger partial charge >= 0.3 is 0 Å². The number of anilines is 2. The molecule has 1 unspecified atom stereocenters. The lowest BCUT2D eigenvalue weighted by atomic mass is 9.70. The Kier molecular flexibility index (Phi) is 6.63. The second kappa shape index (κ2) is 9.74. The summed E-state index contributed by atoms with van der Waals surface area (Å²) < 4.78 is 71.3. The molecule has 3 aliphatic rings. The highest BCUT2D eigenvalue weighted by atomic mass is 35.5. The average Bonchev–Trinajstić information content (AvgIpc) is 3.70. The molecular formula is C28H24ClF3N2O3S2. The molecule has 1 N–H and O–H groups in total. The van der Waals surface area contributed by atoms with Crippen molar-refractivity contribution in [3.63, 3.8) is 0 Å². The molecule has 1 atom stereocenters. The average molecular weight is 593 g/mol. The Morgan fingerprint density at radius 2 is 1.64 bits per heavy atom. The molecule has 0 radical (unpaired) electrons. The number of nitrogens with zero attached hydrogens (tertiary/aromatic N) is 1. The molecule has 1 saturated heterocycles. The van der Waals surface area contributed by atoms with Gasteiger partial charge in [-0.1, -0.05) is 11.6 Å². The molecule has 2 fully saturated rings. The first-order chi connectivity index (χ1) is 18.6. The number of fused-ring (bicyclic) bond motifs is 2. The van der Waals surface area contributed by atoms with Gasteiger partial charge in [0.25, 0.3) is 15.9 Å². The zero-order chi connectivity index (χ0) is 27.5. The highest BCUT2D eigenvalue weighted by Gasteiger charge is 2.60. The van der Waals surface area contributed by atoms with Crippen molar-refractivity contribution in [2.75, 3.05) is 21.1 Å². The first-order valence-electron chi connectivity index (χ1n) is 12.6. The van der Waals surface area contributed by atoms with Gasteiger partial charge in [0.05, 0.1) is 32.9 Å². The van der Waals surface area contributed by atoms with E-state index in [1.165, 1.54) is 22.5 Å². The predicted molar refractivity (Wildman–Crippen MR) is 147 cm³/mol.